The highest BCUT2D eigenvalue weighted by atomic mass is 32.2. The molecule has 0 atom stereocenters. The van der Waals surface area contributed by atoms with Gasteiger partial charge >= 0.3 is 6.36 Å². The van der Waals surface area contributed by atoms with Crippen molar-refractivity contribution >= 4 is 32.2 Å². The molecule has 3 aromatic carbocycles. The Morgan fingerprint density at radius 3 is 2.26 bits per heavy atom. The maximum atomic E-state index is 13.1. The van der Waals surface area contributed by atoms with Gasteiger partial charge in [0.2, 0.25) is 0 Å². The number of nitrogens with one attached hydrogen (secondary N) is 2. The van der Waals surface area contributed by atoms with Crippen LogP contribution >= 0.6 is 0 Å². The molecule has 0 bridgehead atoms. The van der Waals surface area contributed by atoms with Crippen molar-refractivity contribution in [2.24, 2.45) is 0 Å². The second-order valence-corrected chi connectivity index (χ2v) is 8.67. The van der Waals surface area contributed by atoms with Crippen LogP contribution in [-0.2, 0) is 10.0 Å². The monoisotopic (exact) mass is 451 g/mol. The van der Waals surface area contributed by atoms with Gasteiger partial charge in [-0.3, -0.25) is 4.72 Å². The number of hydrogen-bond donors (Lipinski definition) is 2. The fraction of sp³-hybridized carbons (Fsp3) is 0.238. The summed E-state index contributed by atoms with van der Waals surface area (Å²) in [5.74, 6) is -0.625. The Bertz CT molecular complexity index is 1190. The normalized spacial score (nSPS) is 15.1. The predicted octanol–water partition coefficient (Wildman–Crippen LogP) is 3.95. The fourth-order valence-corrected chi connectivity index (χ4v) is 4.92. The summed E-state index contributed by atoms with van der Waals surface area (Å²) in [5, 5.41) is 4.52. The van der Waals surface area contributed by atoms with Gasteiger partial charge in [0, 0.05) is 42.6 Å². The molecular weight excluding hydrogens is 431 g/mol. The minimum atomic E-state index is -4.95. The lowest BCUT2D eigenvalue weighted by Crippen LogP contribution is -2.43. The molecule has 0 saturated carbocycles. The first-order valence-corrected chi connectivity index (χ1v) is 11.1. The largest absolute Gasteiger partial charge is 0.573 e. The zero-order valence-corrected chi connectivity index (χ0v) is 17.1. The lowest BCUT2D eigenvalue weighted by molar-refractivity contribution is -0.274. The number of hydrogen-bond acceptors (Lipinski definition) is 5. The molecule has 10 heteroatoms. The average molecular weight is 451 g/mol. The average Bonchev–Trinajstić information content (AvgIpc) is 2.74. The first-order valence-electron chi connectivity index (χ1n) is 9.60. The standard InChI is InChI=1S/C21H20F3N3O3S/c22-21(23,24)30-19-8-4-3-7-17(19)26-31(28,29)20-10-9-18(27-13-11-25-12-14-27)15-5-1-2-6-16(15)20/h1-10,25-26H,11-14H2. The smallest absolute Gasteiger partial charge is 0.404 e. The Morgan fingerprint density at radius 2 is 1.55 bits per heavy atom. The number of piperazine rings is 1. The van der Waals surface area contributed by atoms with Gasteiger partial charge in [0.25, 0.3) is 10.0 Å². The van der Waals surface area contributed by atoms with E-state index in [1.807, 2.05) is 12.1 Å². The van der Waals surface area contributed by atoms with Gasteiger partial charge in [-0.1, -0.05) is 36.4 Å². The molecule has 1 aliphatic heterocycles. The van der Waals surface area contributed by atoms with Crippen molar-refractivity contribution in [2.45, 2.75) is 11.3 Å². The van der Waals surface area contributed by atoms with E-state index >= 15 is 0 Å². The molecule has 31 heavy (non-hydrogen) atoms. The van der Waals surface area contributed by atoms with Crippen LogP contribution in [0.3, 0.4) is 0 Å². The van der Waals surface area contributed by atoms with E-state index in [2.05, 4.69) is 19.7 Å². The van der Waals surface area contributed by atoms with Gasteiger partial charge in [0.1, 0.15) is 0 Å². The Kier molecular flexibility index (Phi) is 5.67. The number of rotatable bonds is 5. The molecule has 0 radical (unpaired) electrons. The molecule has 0 amide bonds. The lowest BCUT2D eigenvalue weighted by atomic mass is 10.1. The molecule has 164 valence electrons. The van der Waals surface area contributed by atoms with Gasteiger partial charge in [-0.2, -0.15) is 0 Å². The third kappa shape index (κ3) is 4.70. The minimum absolute atomic E-state index is 0.0243. The van der Waals surface area contributed by atoms with Crippen LogP contribution in [0.15, 0.2) is 65.6 Å². The van der Waals surface area contributed by atoms with E-state index in [1.165, 1.54) is 24.3 Å². The molecule has 1 saturated heterocycles. The minimum Gasteiger partial charge on any atom is -0.404 e. The third-order valence-corrected chi connectivity index (χ3v) is 6.39. The van der Waals surface area contributed by atoms with Crippen molar-refractivity contribution in [1.82, 2.24) is 5.32 Å². The summed E-state index contributed by atoms with van der Waals surface area (Å²) in [5.41, 5.74) is 0.618. The Labute approximate surface area is 177 Å². The summed E-state index contributed by atoms with van der Waals surface area (Å²) in [6, 6.07) is 15.3. The summed E-state index contributed by atoms with van der Waals surface area (Å²) >= 11 is 0. The van der Waals surface area contributed by atoms with E-state index in [-0.39, 0.29) is 10.6 Å². The molecule has 0 unspecified atom stereocenters. The lowest BCUT2D eigenvalue weighted by Gasteiger charge is -2.30. The van der Waals surface area contributed by atoms with E-state index in [1.54, 1.807) is 18.2 Å². The van der Waals surface area contributed by atoms with Gasteiger partial charge in [0.15, 0.2) is 5.75 Å². The highest BCUT2D eigenvalue weighted by Gasteiger charge is 2.33. The van der Waals surface area contributed by atoms with Gasteiger partial charge in [-0.05, 0) is 24.3 Å². The van der Waals surface area contributed by atoms with Crippen LogP contribution in [0.25, 0.3) is 10.8 Å². The van der Waals surface area contributed by atoms with Crippen LogP contribution in [0, 0.1) is 0 Å². The topological polar surface area (TPSA) is 70.7 Å². The predicted molar refractivity (Wildman–Crippen MR) is 113 cm³/mol. The molecule has 2 N–H and O–H groups in total. The third-order valence-electron chi connectivity index (χ3n) is 4.97. The number of nitrogens with zero attached hydrogens (tertiary/aromatic N) is 1. The number of benzene rings is 3. The zero-order valence-electron chi connectivity index (χ0n) is 16.3. The second kappa shape index (κ2) is 8.27. The number of alkyl halides is 3. The van der Waals surface area contributed by atoms with Crippen LogP contribution in [0.2, 0.25) is 0 Å². The molecule has 4 rings (SSSR count). The van der Waals surface area contributed by atoms with Gasteiger partial charge in [-0.15, -0.1) is 13.2 Å². The van der Waals surface area contributed by atoms with E-state index in [4.69, 9.17) is 0 Å². The summed E-state index contributed by atoms with van der Waals surface area (Å²) in [6.07, 6.45) is -4.95. The number of fused-ring (bicyclic) bond motifs is 1. The summed E-state index contributed by atoms with van der Waals surface area (Å²) in [4.78, 5) is 2.15. The number of sulfonamides is 1. The number of halogens is 3. The fourth-order valence-electron chi connectivity index (χ4n) is 3.64. The summed E-state index contributed by atoms with van der Waals surface area (Å²) in [6.45, 7) is 3.23. The molecular formula is C21H20F3N3O3S. The van der Waals surface area contributed by atoms with Crippen molar-refractivity contribution in [3.05, 3.63) is 60.7 Å². The van der Waals surface area contributed by atoms with Gasteiger partial charge < -0.3 is 15.0 Å². The number of para-hydroxylation sites is 2. The van der Waals surface area contributed by atoms with Gasteiger partial charge in [-0.25, -0.2) is 8.42 Å². The second-order valence-electron chi connectivity index (χ2n) is 7.01. The van der Waals surface area contributed by atoms with Crippen LogP contribution in [0.5, 0.6) is 5.75 Å². The molecule has 3 aromatic rings. The van der Waals surface area contributed by atoms with Crippen LogP contribution in [0.1, 0.15) is 0 Å². The van der Waals surface area contributed by atoms with Crippen molar-refractivity contribution in [2.75, 3.05) is 35.8 Å². The first kappa shape index (κ1) is 21.3. The maximum absolute atomic E-state index is 13.1. The molecule has 0 aromatic heterocycles. The van der Waals surface area contributed by atoms with E-state index < -0.39 is 22.1 Å². The SMILES string of the molecule is O=S(=O)(Nc1ccccc1OC(F)(F)F)c1ccc(N2CCNCC2)c2ccccc12. The molecule has 1 heterocycles. The number of anilines is 2. The quantitative estimate of drug-likeness (QED) is 0.615. The Balaban J connectivity index is 1.74. The molecule has 6 nitrogen and oxygen atoms in total. The van der Waals surface area contributed by atoms with Crippen molar-refractivity contribution in [1.29, 1.82) is 0 Å². The Hall–Kier alpha value is -2.98. The van der Waals surface area contributed by atoms with Crippen molar-refractivity contribution < 1.29 is 26.3 Å². The van der Waals surface area contributed by atoms with E-state index in [9.17, 15) is 21.6 Å². The van der Waals surface area contributed by atoms with E-state index in [0.717, 1.165) is 43.3 Å². The highest BCUT2D eigenvalue weighted by molar-refractivity contribution is 7.93. The van der Waals surface area contributed by atoms with Crippen LogP contribution < -0.4 is 19.7 Å². The maximum Gasteiger partial charge on any atom is 0.573 e. The summed E-state index contributed by atoms with van der Waals surface area (Å²) < 4.78 is 70.6. The number of ether oxygens (including phenoxy) is 1. The van der Waals surface area contributed by atoms with E-state index in [0.29, 0.717) is 5.39 Å². The van der Waals surface area contributed by atoms with Gasteiger partial charge in [0.05, 0.1) is 10.6 Å². The van der Waals surface area contributed by atoms with Crippen molar-refractivity contribution in [3.63, 3.8) is 0 Å². The summed E-state index contributed by atoms with van der Waals surface area (Å²) in [7, 11) is -4.19. The zero-order chi connectivity index (χ0) is 22.1. The molecule has 0 aliphatic carbocycles. The highest BCUT2D eigenvalue weighted by Crippen LogP contribution is 2.35. The van der Waals surface area contributed by atoms with Crippen molar-refractivity contribution in [3.8, 4) is 5.75 Å². The van der Waals surface area contributed by atoms with Crippen LogP contribution in [-0.4, -0.2) is 41.0 Å². The first-order chi connectivity index (χ1) is 14.7. The Morgan fingerprint density at radius 1 is 0.903 bits per heavy atom. The molecule has 0 spiro atoms. The molecule has 1 fully saturated rings. The van der Waals surface area contributed by atoms with Crippen LogP contribution in [0.4, 0.5) is 24.5 Å². The molecule has 1 aliphatic rings.